The molecule has 3 aliphatic rings. The van der Waals surface area contributed by atoms with E-state index >= 15 is 0 Å². The zero-order valence-corrected chi connectivity index (χ0v) is 16.4. The highest BCUT2D eigenvalue weighted by atomic mass is 32.2. The lowest BCUT2D eigenvalue weighted by Gasteiger charge is -2.51. The molecule has 6 nitrogen and oxygen atoms in total. The highest BCUT2D eigenvalue weighted by Crippen LogP contribution is 2.52. The number of ether oxygens (including phenoxy) is 2. The van der Waals surface area contributed by atoms with E-state index in [-0.39, 0.29) is 28.6 Å². The third-order valence-corrected chi connectivity index (χ3v) is 8.51. The number of fused-ring (bicyclic) bond motifs is 2. The van der Waals surface area contributed by atoms with Crippen LogP contribution in [0.5, 0.6) is 5.75 Å². The van der Waals surface area contributed by atoms with Crippen molar-refractivity contribution in [3.05, 3.63) is 24.3 Å². The zero-order chi connectivity index (χ0) is 19.9. The first-order valence-corrected chi connectivity index (χ1v) is 11.2. The van der Waals surface area contributed by atoms with Crippen LogP contribution < -0.4 is 10.5 Å². The molecule has 156 valence electrons. The molecule has 0 spiro atoms. The van der Waals surface area contributed by atoms with Crippen LogP contribution in [0.1, 0.15) is 38.5 Å². The Balaban J connectivity index is 1.68. The standard InChI is InChI=1S/C19H26F2N2O4S/c20-18(21)27-16-1-3-17(4-2-16)28(24,25)23-15-5-8-19(23,12-14(22)11-15)13-6-9-26-10-7-13/h1-4,13-15,18H,5-12,22H2. The van der Waals surface area contributed by atoms with E-state index in [0.29, 0.717) is 26.1 Å². The van der Waals surface area contributed by atoms with Crippen molar-refractivity contribution in [3.63, 3.8) is 0 Å². The van der Waals surface area contributed by atoms with Gasteiger partial charge in [-0.05, 0) is 68.7 Å². The number of hydrogen-bond acceptors (Lipinski definition) is 5. The predicted octanol–water partition coefficient (Wildman–Crippen LogP) is 2.73. The summed E-state index contributed by atoms with van der Waals surface area (Å²) in [6.45, 7) is -1.67. The van der Waals surface area contributed by atoms with E-state index in [9.17, 15) is 17.2 Å². The molecule has 3 unspecified atom stereocenters. The van der Waals surface area contributed by atoms with Crippen molar-refractivity contribution in [2.75, 3.05) is 13.2 Å². The molecule has 0 saturated carbocycles. The van der Waals surface area contributed by atoms with E-state index in [1.165, 1.54) is 24.3 Å². The molecule has 3 aliphatic heterocycles. The maximum Gasteiger partial charge on any atom is 0.387 e. The van der Waals surface area contributed by atoms with Gasteiger partial charge in [0.15, 0.2) is 0 Å². The average molecular weight is 416 g/mol. The quantitative estimate of drug-likeness (QED) is 0.798. The fraction of sp³-hybridized carbons (Fsp3) is 0.684. The van der Waals surface area contributed by atoms with E-state index in [1.807, 2.05) is 0 Å². The highest BCUT2D eigenvalue weighted by Gasteiger charge is 2.59. The molecule has 28 heavy (non-hydrogen) atoms. The molecule has 9 heteroatoms. The Morgan fingerprint density at radius 3 is 2.50 bits per heavy atom. The summed E-state index contributed by atoms with van der Waals surface area (Å²) in [7, 11) is -3.78. The topological polar surface area (TPSA) is 81.9 Å². The minimum atomic E-state index is -3.78. The highest BCUT2D eigenvalue weighted by molar-refractivity contribution is 7.89. The normalized spacial score (nSPS) is 32.0. The fourth-order valence-electron chi connectivity index (χ4n) is 5.43. The minimum absolute atomic E-state index is 0.0105. The van der Waals surface area contributed by atoms with Crippen molar-refractivity contribution in [2.24, 2.45) is 11.7 Å². The Bertz CT molecular complexity index is 799. The van der Waals surface area contributed by atoms with Gasteiger partial charge in [-0.2, -0.15) is 13.1 Å². The Kier molecular flexibility index (Phi) is 5.37. The van der Waals surface area contributed by atoms with Crippen LogP contribution in [-0.4, -0.2) is 50.2 Å². The third kappa shape index (κ3) is 3.42. The number of benzene rings is 1. The summed E-state index contributed by atoms with van der Waals surface area (Å²) >= 11 is 0. The Hall–Kier alpha value is -1.29. The van der Waals surface area contributed by atoms with Gasteiger partial charge < -0.3 is 15.2 Å². The largest absolute Gasteiger partial charge is 0.435 e. The van der Waals surface area contributed by atoms with Crippen molar-refractivity contribution in [1.82, 2.24) is 4.31 Å². The molecule has 4 rings (SSSR count). The third-order valence-electron chi connectivity index (χ3n) is 6.46. The molecule has 2 N–H and O–H groups in total. The number of rotatable bonds is 5. The Labute approximate surface area is 164 Å². The lowest BCUT2D eigenvalue weighted by Crippen LogP contribution is -2.61. The van der Waals surface area contributed by atoms with Crippen LogP contribution in [0.15, 0.2) is 29.2 Å². The smallest absolute Gasteiger partial charge is 0.387 e. The number of nitrogens with two attached hydrogens (primary N) is 1. The molecule has 0 radical (unpaired) electrons. The number of piperidine rings is 1. The summed E-state index contributed by atoms with van der Waals surface area (Å²) in [6, 6.07) is 5.12. The molecule has 0 amide bonds. The van der Waals surface area contributed by atoms with Crippen molar-refractivity contribution < 1.29 is 26.7 Å². The Morgan fingerprint density at radius 1 is 1.18 bits per heavy atom. The monoisotopic (exact) mass is 416 g/mol. The van der Waals surface area contributed by atoms with Crippen LogP contribution in [0.3, 0.4) is 0 Å². The van der Waals surface area contributed by atoms with Gasteiger partial charge in [-0.15, -0.1) is 0 Å². The molecule has 3 atom stereocenters. The zero-order valence-electron chi connectivity index (χ0n) is 15.6. The molecular formula is C19H26F2N2O4S. The number of hydrogen-bond donors (Lipinski definition) is 1. The molecular weight excluding hydrogens is 390 g/mol. The van der Waals surface area contributed by atoms with E-state index < -0.39 is 22.2 Å². The summed E-state index contributed by atoms with van der Waals surface area (Å²) in [4.78, 5) is 0.105. The van der Waals surface area contributed by atoms with Crippen LogP contribution in [-0.2, 0) is 14.8 Å². The molecule has 0 aliphatic carbocycles. The van der Waals surface area contributed by atoms with Gasteiger partial charge in [0.25, 0.3) is 0 Å². The lowest BCUT2D eigenvalue weighted by molar-refractivity contribution is -0.0498. The molecule has 2 bridgehead atoms. The van der Waals surface area contributed by atoms with Crippen molar-refractivity contribution in [1.29, 1.82) is 0 Å². The van der Waals surface area contributed by atoms with Crippen molar-refractivity contribution in [2.45, 2.75) is 67.7 Å². The number of halogens is 2. The minimum Gasteiger partial charge on any atom is -0.435 e. The first kappa shape index (κ1) is 20.0. The van der Waals surface area contributed by atoms with Gasteiger partial charge in [0.2, 0.25) is 10.0 Å². The second-order valence-corrected chi connectivity index (χ2v) is 9.85. The van der Waals surface area contributed by atoms with Crippen molar-refractivity contribution in [3.8, 4) is 5.75 Å². The Morgan fingerprint density at radius 2 is 1.86 bits per heavy atom. The van der Waals surface area contributed by atoms with Gasteiger partial charge >= 0.3 is 6.61 Å². The van der Waals surface area contributed by atoms with E-state index in [1.54, 1.807) is 4.31 Å². The predicted molar refractivity (Wildman–Crippen MR) is 98.6 cm³/mol. The van der Waals surface area contributed by atoms with Crippen LogP contribution in [0.2, 0.25) is 0 Å². The number of sulfonamides is 1. The summed E-state index contributed by atoms with van der Waals surface area (Å²) in [5.74, 6) is 0.158. The molecule has 3 fully saturated rings. The van der Waals surface area contributed by atoms with E-state index in [0.717, 1.165) is 25.7 Å². The summed E-state index contributed by atoms with van der Waals surface area (Å²) in [6.07, 6.45) is 4.56. The molecule has 1 aromatic carbocycles. The molecule has 0 aromatic heterocycles. The lowest BCUT2D eigenvalue weighted by atomic mass is 9.73. The van der Waals surface area contributed by atoms with Crippen LogP contribution in [0, 0.1) is 5.92 Å². The van der Waals surface area contributed by atoms with Gasteiger partial charge in [0, 0.05) is 30.8 Å². The fourth-order valence-corrected chi connectivity index (χ4v) is 7.51. The van der Waals surface area contributed by atoms with Gasteiger partial charge in [-0.25, -0.2) is 8.42 Å². The van der Waals surface area contributed by atoms with Crippen molar-refractivity contribution >= 4 is 10.0 Å². The van der Waals surface area contributed by atoms with Crippen LogP contribution in [0.4, 0.5) is 8.78 Å². The maximum absolute atomic E-state index is 13.6. The first-order chi connectivity index (χ1) is 13.3. The number of alkyl halides is 2. The molecule has 3 saturated heterocycles. The second kappa shape index (κ2) is 7.51. The van der Waals surface area contributed by atoms with Gasteiger partial charge in [-0.1, -0.05) is 0 Å². The van der Waals surface area contributed by atoms with Gasteiger partial charge in [0.05, 0.1) is 4.90 Å². The summed E-state index contributed by atoms with van der Waals surface area (Å²) < 4.78 is 63.5. The summed E-state index contributed by atoms with van der Waals surface area (Å²) in [5, 5.41) is 0. The van der Waals surface area contributed by atoms with Gasteiger partial charge in [-0.3, -0.25) is 0 Å². The SMILES string of the molecule is NC1CC2CCC(C3CCOCC3)(C1)N2S(=O)(=O)c1ccc(OC(F)F)cc1. The average Bonchev–Trinajstić information content (AvgIpc) is 2.93. The van der Waals surface area contributed by atoms with Gasteiger partial charge in [0.1, 0.15) is 5.75 Å². The number of nitrogens with zero attached hydrogens (tertiary/aromatic N) is 1. The first-order valence-electron chi connectivity index (χ1n) is 9.76. The van der Waals surface area contributed by atoms with E-state index in [4.69, 9.17) is 10.5 Å². The van der Waals surface area contributed by atoms with E-state index in [2.05, 4.69) is 4.74 Å². The van der Waals surface area contributed by atoms with Crippen LogP contribution >= 0.6 is 0 Å². The maximum atomic E-state index is 13.6. The molecule has 3 heterocycles. The molecule has 1 aromatic rings. The van der Waals surface area contributed by atoms with Crippen LogP contribution in [0.25, 0.3) is 0 Å². The second-order valence-electron chi connectivity index (χ2n) is 8.03. The summed E-state index contributed by atoms with van der Waals surface area (Å²) in [5.41, 5.74) is 5.83.